The number of hydrogen-bond acceptors (Lipinski definition) is 3. The Morgan fingerprint density at radius 2 is 1.92 bits per heavy atom. The van der Waals surface area contributed by atoms with Gasteiger partial charge in [-0.15, -0.1) is 0 Å². The smallest absolute Gasteiger partial charge is 0.317 e. The summed E-state index contributed by atoms with van der Waals surface area (Å²) in [6.07, 6.45) is 6.05. The lowest BCUT2D eigenvalue weighted by Gasteiger charge is -2.35. The summed E-state index contributed by atoms with van der Waals surface area (Å²) in [7, 11) is 0. The second-order valence-corrected chi connectivity index (χ2v) is 7.34. The fourth-order valence-corrected chi connectivity index (χ4v) is 3.89. The second kappa shape index (κ2) is 6.94. The van der Waals surface area contributed by atoms with Gasteiger partial charge >= 0.3 is 6.03 Å². The van der Waals surface area contributed by atoms with Crippen molar-refractivity contribution in [3.8, 4) is 0 Å². The number of nitrogens with zero attached hydrogens (tertiary/aromatic N) is 3. The molecule has 1 aliphatic heterocycles. The first-order chi connectivity index (χ1) is 12.2. The molecule has 6 nitrogen and oxygen atoms in total. The van der Waals surface area contributed by atoms with Gasteiger partial charge in [-0.2, -0.15) is 0 Å². The van der Waals surface area contributed by atoms with Crippen molar-refractivity contribution in [1.29, 1.82) is 0 Å². The summed E-state index contributed by atoms with van der Waals surface area (Å²) in [6, 6.07) is 6.74. The zero-order chi connectivity index (χ0) is 17.2. The van der Waals surface area contributed by atoms with Crippen molar-refractivity contribution in [3.05, 3.63) is 23.8 Å². The van der Waals surface area contributed by atoms with Gasteiger partial charge in [-0.1, -0.05) is 25.3 Å². The van der Waals surface area contributed by atoms with Crippen molar-refractivity contribution >= 4 is 23.0 Å². The van der Waals surface area contributed by atoms with Gasteiger partial charge in [0.1, 0.15) is 0 Å². The summed E-state index contributed by atoms with van der Waals surface area (Å²) >= 11 is 0. The number of fused-ring (bicyclic) bond motifs is 1. The van der Waals surface area contributed by atoms with Gasteiger partial charge in [0.2, 0.25) is 5.95 Å². The first-order valence-electron chi connectivity index (χ1n) is 9.46. The Bertz CT molecular complexity index is 741. The normalized spacial score (nSPS) is 19.4. The number of aryl methyl sites for hydroxylation is 1. The molecule has 0 atom stereocenters. The quantitative estimate of drug-likeness (QED) is 0.882. The number of anilines is 1. The molecule has 25 heavy (non-hydrogen) atoms. The summed E-state index contributed by atoms with van der Waals surface area (Å²) in [4.78, 5) is 24.7. The molecule has 0 radical (unpaired) electrons. The van der Waals surface area contributed by atoms with Gasteiger partial charge < -0.3 is 20.1 Å². The summed E-state index contributed by atoms with van der Waals surface area (Å²) in [6.45, 7) is 5.21. The van der Waals surface area contributed by atoms with E-state index in [0.29, 0.717) is 6.04 Å². The molecule has 0 spiro atoms. The second-order valence-electron chi connectivity index (χ2n) is 7.34. The van der Waals surface area contributed by atoms with E-state index in [2.05, 4.69) is 40.3 Å². The van der Waals surface area contributed by atoms with Crippen molar-refractivity contribution in [3.63, 3.8) is 0 Å². The van der Waals surface area contributed by atoms with Gasteiger partial charge in [-0.05, 0) is 37.5 Å². The van der Waals surface area contributed by atoms with Crippen LogP contribution in [0.1, 0.15) is 37.7 Å². The predicted molar refractivity (Wildman–Crippen MR) is 100 cm³/mol. The largest absolute Gasteiger partial charge is 0.339 e. The molecule has 1 aromatic heterocycles. The van der Waals surface area contributed by atoms with Gasteiger partial charge in [0, 0.05) is 32.2 Å². The van der Waals surface area contributed by atoms with Gasteiger partial charge in [-0.3, -0.25) is 0 Å². The number of carbonyl (C=O) groups excluding carboxylic acids is 1. The number of H-pyrrole nitrogens is 1. The van der Waals surface area contributed by atoms with Crippen molar-refractivity contribution < 1.29 is 4.79 Å². The van der Waals surface area contributed by atoms with Crippen LogP contribution in [0.2, 0.25) is 0 Å². The molecular weight excluding hydrogens is 314 g/mol. The molecule has 1 saturated carbocycles. The van der Waals surface area contributed by atoms with Crippen LogP contribution in [0.4, 0.5) is 10.7 Å². The number of urea groups is 1. The number of piperazine rings is 1. The summed E-state index contributed by atoms with van der Waals surface area (Å²) in [5.41, 5.74) is 3.30. The zero-order valence-electron chi connectivity index (χ0n) is 14.9. The van der Waals surface area contributed by atoms with E-state index < -0.39 is 0 Å². The van der Waals surface area contributed by atoms with Gasteiger partial charge in [-0.25, -0.2) is 9.78 Å². The molecule has 6 heteroatoms. The molecule has 134 valence electrons. The number of amides is 2. The third kappa shape index (κ3) is 3.57. The Morgan fingerprint density at radius 1 is 1.16 bits per heavy atom. The Morgan fingerprint density at radius 3 is 2.68 bits per heavy atom. The maximum Gasteiger partial charge on any atom is 0.317 e. The Hall–Kier alpha value is -2.24. The van der Waals surface area contributed by atoms with E-state index in [4.69, 9.17) is 4.98 Å². The van der Waals surface area contributed by atoms with E-state index in [9.17, 15) is 4.79 Å². The lowest BCUT2D eigenvalue weighted by molar-refractivity contribution is 0.186. The van der Waals surface area contributed by atoms with Crippen LogP contribution in [0, 0.1) is 6.92 Å². The third-order valence-electron chi connectivity index (χ3n) is 5.42. The number of hydrogen-bond donors (Lipinski definition) is 2. The van der Waals surface area contributed by atoms with E-state index in [1.54, 1.807) is 0 Å². The highest BCUT2D eigenvalue weighted by Crippen LogP contribution is 2.20. The topological polar surface area (TPSA) is 64.3 Å². The van der Waals surface area contributed by atoms with Crippen LogP contribution in [-0.2, 0) is 0 Å². The minimum absolute atomic E-state index is 0.104. The summed E-state index contributed by atoms with van der Waals surface area (Å²) in [5, 5.41) is 3.22. The number of aromatic nitrogens is 2. The highest BCUT2D eigenvalue weighted by atomic mass is 16.2. The van der Waals surface area contributed by atoms with E-state index in [1.165, 1.54) is 24.8 Å². The molecule has 0 unspecified atom stereocenters. The zero-order valence-corrected chi connectivity index (χ0v) is 14.9. The van der Waals surface area contributed by atoms with Crippen LogP contribution < -0.4 is 10.2 Å². The minimum Gasteiger partial charge on any atom is -0.339 e. The standard InChI is InChI=1S/C19H27N5O/c1-14-7-8-16-17(13-14)22-18(21-16)23-9-11-24(12-10-23)19(25)20-15-5-3-2-4-6-15/h7-8,13,15H,2-6,9-12H2,1H3,(H,20,25)(H,21,22). The van der Waals surface area contributed by atoms with E-state index in [1.807, 2.05) is 4.90 Å². The van der Waals surface area contributed by atoms with Gasteiger partial charge in [0.25, 0.3) is 0 Å². The number of carbonyl (C=O) groups is 1. The number of imidazole rings is 1. The van der Waals surface area contributed by atoms with Crippen LogP contribution in [0.5, 0.6) is 0 Å². The number of benzene rings is 1. The fourth-order valence-electron chi connectivity index (χ4n) is 3.89. The van der Waals surface area contributed by atoms with Crippen LogP contribution in [0.3, 0.4) is 0 Å². The molecular formula is C19H27N5O. The average Bonchev–Trinajstić information content (AvgIpc) is 3.06. The molecule has 2 N–H and O–H groups in total. The fraction of sp³-hybridized carbons (Fsp3) is 0.579. The number of nitrogens with one attached hydrogen (secondary N) is 2. The highest BCUT2D eigenvalue weighted by Gasteiger charge is 2.25. The molecule has 2 fully saturated rings. The van der Waals surface area contributed by atoms with Crippen LogP contribution in [0.25, 0.3) is 11.0 Å². The minimum atomic E-state index is 0.104. The van der Waals surface area contributed by atoms with Crippen LogP contribution in [0.15, 0.2) is 18.2 Å². The molecule has 1 aliphatic carbocycles. The molecule has 1 saturated heterocycles. The molecule has 0 bridgehead atoms. The Balaban J connectivity index is 1.34. The van der Waals surface area contributed by atoms with Crippen molar-refractivity contribution in [2.75, 3.05) is 31.1 Å². The van der Waals surface area contributed by atoms with E-state index in [0.717, 1.165) is 56.0 Å². The molecule has 2 aliphatic rings. The monoisotopic (exact) mass is 341 g/mol. The van der Waals surface area contributed by atoms with Crippen molar-refractivity contribution in [1.82, 2.24) is 20.2 Å². The lowest BCUT2D eigenvalue weighted by Crippen LogP contribution is -2.53. The van der Waals surface area contributed by atoms with Gasteiger partial charge in [0.15, 0.2) is 0 Å². The summed E-state index contributed by atoms with van der Waals surface area (Å²) < 4.78 is 0. The number of aromatic amines is 1. The highest BCUT2D eigenvalue weighted by molar-refractivity contribution is 5.78. The molecule has 2 aromatic rings. The molecule has 2 amide bonds. The molecule has 2 heterocycles. The Kier molecular flexibility index (Phi) is 4.51. The third-order valence-corrected chi connectivity index (χ3v) is 5.42. The van der Waals surface area contributed by atoms with Crippen molar-refractivity contribution in [2.45, 2.75) is 45.1 Å². The van der Waals surface area contributed by atoms with E-state index >= 15 is 0 Å². The summed E-state index contributed by atoms with van der Waals surface area (Å²) in [5.74, 6) is 0.910. The first-order valence-corrected chi connectivity index (χ1v) is 9.46. The molecule has 4 rings (SSSR count). The maximum absolute atomic E-state index is 12.5. The first kappa shape index (κ1) is 16.2. The van der Waals surface area contributed by atoms with Crippen molar-refractivity contribution in [2.24, 2.45) is 0 Å². The maximum atomic E-state index is 12.5. The predicted octanol–water partition coefficient (Wildman–Crippen LogP) is 3.04. The van der Waals surface area contributed by atoms with E-state index in [-0.39, 0.29) is 6.03 Å². The SMILES string of the molecule is Cc1ccc2nc(N3CCN(C(=O)NC4CCCCC4)CC3)[nH]c2c1. The number of rotatable bonds is 2. The Labute approximate surface area is 148 Å². The molecule has 1 aromatic carbocycles. The van der Waals surface area contributed by atoms with Gasteiger partial charge in [0.05, 0.1) is 11.0 Å². The lowest BCUT2D eigenvalue weighted by atomic mass is 9.96. The van der Waals surface area contributed by atoms with Crippen LogP contribution in [-0.4, -0.2) is 53.1 Å². The van der Waals surface area contributed by atoms with Crippen LogP contribution >= 0.6 is 0 Å². The average molecular weight is 341 g/mol.